The van der Waals surface area contributed by atoms with Crippen LogP contribution in [0.2, 0.25) is 0 Å². The van der Waals surface area contributed by atoms with Crippen LogP contribution in [0.1, 0.15) is 31.7 Å². The van der Waals surface area contributed by atoms with Gasteiger partial charge in [0, 0.05) is 32.1 Å². The van der Waals surface area contributed by atoms with Crippen LogP contribution in [-0.2, 0) is 0 Å². The van der Waals surface area contributed by atoms with Gasteiger partial charge in [-0.1, -0.05) is 37.3 Å². The van der Waals surface area contributed by atoms with E-state index < -0.39 is 0 Å². The summed E-state index contributed by atoms with van der Waals surface area (Å²) in [6.07, 6.45) is 1.28. The van der Waals surface area contributed by atoms with Crippen LogP contribution in [0.25, 0.3) is 0 Å². The second kappa shape index (κ2) is 8.79. The van der Waals surface area contributed by atoms with Crippen molar-refractivity contribution in [3.05, 3.63) is 35.9 Å². The van der Waals surface area contributed by atoms with E-state index in [1.165, 1.54) is 25.1 Å². The molecule has 0 amide bonds. The summed E-state index contributed by atoms with van der Waals surface area (Å²) in [5.41, 5.74) is 1.35. The molecule has 1 aromatic rings. The molecule has 1 aromatic carbocycles. The first kappa shape index (κ1) is 16.8. The average molecular weight is 302 g/mol. The van der Waals surface area contributed by atoms with Gasteiger partial charge in [-0.05, 0) is 38.4 Å². The first-order chi connectivity index (χ1) is 10.7. The number of rotatable bonds is 6. The fraction of sp³-hybridized carbons (Fsp3) is 0.611. The van der Waals surface area contributed by atoms with Crippen molar-refractivity contribution in [3.8, 4) is 0 Å². The molecule has 0 spiro atoms. The molecular weight excluding hydrogens is 272 g/mol. The molecule has 1 aliphatic rings. The van der Waals surface area contributed by atoms with E-state index in [4.69, 9.17) is 4.99 Å². The molecule has 0 saturated carbocycles. The number of hydrogen-bond donors (Lipinski definition) is 2. The van der Waals surface area contributed by atoms with Gasteiger partial charge in [0.1, 0.15) is 0 Å². The standard InChI is InChI=1S/C18H30N4/c1-4-19-18(21-13-16-10-11-22(3)14-16)20-12-15(2)17-8-6-5-7-9-17/h5-9,15-16H,4,10-14H2,1-3H3,(H2,19,20,21). The van der Waals surface area contributed by atoms with E-state index in [0.29, 0.717) is 5.92 Å². The summed E-state index contributed by atoms with van der Waals surface area (Å²) >= 11 is 0. The minimum Gasteiger partial charge on any atom is -0.357 e. The van der Waals surface area contributed by atoms with Crippen molar-refractivity contribution in [2.45, 2.75) is 26.2 Å². The quantitative estimate of drug-likeness (QED) is 0.626. The van der Waals surface area contributed by atoms with Crippen LogP contribution < -0.4 is 10.6 Å². The molecule has 1 heterocycles. The van der Waals surface area contributed by atoms with Crippen LogP contribution in [0, 0.1) is 5.92 Å². The molecule has 4 nitrogen and oxygen atoms in total. The van der Waals surface area contributed by atoms with Crippen molar-refractivity contribution in [2.24, 2.45) is 10.9 Å². The number of nitrogens with zero attached hydrogens (tertiary/aromatic N) is 2. The predicted molar refractivity (Wildman–Crippen MR) is 94.4 cm³/mol. The Morgan fingerprint density at radius 1 is 1.32 bits per heavy atom. The minimum absolute atomic E-state index is 0.439. The third kappa shape index (κ3) is 5.34. The van der Waals surface area contributed by atoms with Crippen molar-refractivity contribution < 1.29 is 0 Å². The molecule has 22 heavy (non-hydrogen) atoms. The number of aliphatic imine (C=N–C) groups is 1. The van der Waals surface area contributed by atoms with Crippen molar-refractivity contribution in [2.75, 3.05) is 39.8 Å². The van der Waals surface area contributed by atoms with Crippen LogP contribution in [0.15, 0.2) is 35.3 Å². The van der Waals surface area contributed by atoms with Gasteiger partial charge >= 0.3 is 0 Å². The zero-order chi connectivity index (χ0) is 15.8. The van der Waals surface area contributed by atoms with Gasteiger partial charge in [0.15, 0.2) is 5.96 Å². The summed E-state index contributed by atoms with van der Waals surface area (Å²) in [6, 6.07) is 10.6. The van der Waals surface area contributed by atoms with Gasteiger partial charge in [0.2, 0.25) is 0 Å². The van der Waals surface area contributed by atoms with Crippen LogP contribution in [-0.4, -0.2) is 50.6 Å². The lowest BCUT2D eigenvalue weighted by Crippen LogP contribution is -2.40. The maximum absolute atomic E-state index is 4.75. The van der Waals surface area contributed by atoms with E-state index in [1.807, 2.05) is 0 Å². The van der Waals surface area contributed by atoms with Crippen LogP contribution in [0.4, 0.5) is 0 Å². The lowest BCUT2D eigenvalue weighted by molar-refractivity contribution is 0.394. The molecule has 0 bridgehead atoms. The Hall–Kier alpha value is -1.55. The molecule has 1 saturated heterocycles. The average Bonchev–Trinajstić information content (AvgIpc) is 2.96. The Balaban J connectivity index is 1.84. The predicted octanol–water partition coefficient (Wildman–Crippen LogP) is 2.30. The fourth-order valence-electron chi connectivity index (χ4n) is 2.89. The first-order valence-electron chi connectivity index (χ1n) is 8.44. The second-order valence-electron chi connectivity index (χ2n) is 6.33. The highest BCUT2D eigenvalue weighted by molar-refractivity contribution is 5.79. The Labute approximate surface area is 135 Å². The van der Waals surface area contributed by atoms with Gasteiger partial charge < -0.3 is 15.5 Å². The number of nitrogens with one attached hydrogen (secondary N) is 2. The molecule has 0 aliphatic carbocycles. The second-order valence-corrected chi connectivity index (χ2v) is 6.33. The number of hydrogen-bond acceptors (Lipinski definition) is 2. The van der Waals surface area contributed by atoms with E-state index in [2.05, 4.69) is 66.8 Å². The van der Waals surface area contributed by atoms with Crippen LogP contribution in [0.5, 0.6) is 0 Å². The maximum Gasteiger partial charge on any atom is 0.191 e. The highest BCUT2D eigenvalue weighted by Crippen LogP contribution is 2.15. The highest BCUT2D eigenvalue weighted by Gasteiger charge is 2.19. The molecule has 1 fully saturated rings. The number of guanidine groups is 1. The summed E-state index contributed by atoms with van der Waals surface area (Å²) in [5.74, 6) is 2.12. The zero-order valence-electron chi connectivity index (χ0n) is 14.2. The number of benzene rings is 1. The van der Waals surface area contributed by atoms with Crippen LogP contribution in [0.3, 0.4) is 0 Å². The lowest BCUT2D eigenvalue weighted by atomic mass is 10.0. The molecule has 2 atom stereocenters. The van der Waals surface area contributed by atoms with Gasteiger partial charge in [-0.25, -0.2) is 0 Å². The molecule has 2 rings (SSSR count). The Kier molecular flexibility index (Phi) is 6.72. The summed E-state index contributed by atoms with van der Waals surface area (Å²) in [7, 11) is 2.20. The van der Waals surface area contributed by atoms with Crippen molar-refractivity contribution in [3.63, 3.8) is 0 Å². The van der Waals surface area contributed by atoms with Crippen molar-refractivity contribution in [1.29, 1.82) is 0 Å². The van der Waals surface area contributed by atoms with E-state index in [1.54, 1.807) is 0 Å². The summed E-state index contributed by atoms with van der Waals surface area (Å²) in [5, 5.41) is 6.85. The monoisotopic (exact) mass is 302 g/mol. The van der Waals surface area contributed by atoms with E-state index >= 15 is 0 Å². The van der Waals surface area contributed by atoms with Crippen molar-refractivity contribution >= 4 is 5.96 Å². The third-order valence-electron chi connectivity index (χ3n) is 4.28. The molecule has 122 valence electrons. The first-order valence-corrected chi connectivity index (χ1v) is 8.44. The highest BCUT2D eigenvalue weighted by atomic mass is 15.2. The largest absolute Gasteiger partial charge is 0.357 e. The Morgan fingerprint density at radius 2 is 2.09 bits per heavy atom. The summed E-state index contributed by atoms with van der Waals surface area (Å²) < 4.78 is 0. The topological polar surface area (TPSA) is 39.7 Å². The van der Waals surface area contributed by atoms with E-state index in [9.17, 15) is 0 Å². The Morgan fingerprint density at radius 3 is 2.73 bits per heavy atom. The zero-order valence-corrected chi connectivity index (χ0v) is 14.2. The normalized spacial score (nSPS) is 20.9. The smallest absolute Gasteiger partial charge is 0.191 e. The fourth-order valence-corrected chi connectivity index (χ4v) is 2.89. The van der Waals surface area contributed by atoms with Gasteiger partial charge in [0.05, 0.1) is 0 Å². The van der Waals surface area contributed by atoms with Gasteiger partial charge in [0.25, 0.3) is 0 Å². The summed E-state index contributed by atoms with van der Waals surface area (Å²) in [4.78, 5) is 7.15. The van der Waals surface area contributed by atoms with E-state index in [-0.39, 0.29) is 0 Å². The van der Waals surface area contributed by atoms with Gasteiger partial charge in [-0.3, -0.25) is 4.99 Å². The Bertz CT molecular complexity index is 457. The molecule has 0 aromatic heterocycles. The SMILES string of the molecule is CCNC(=NCC(C)c1ccccc1)NCC1CCN(C)C1. The molecular formula is C18H30N4. The molecule has 0 radical (unpaired) electrons. The third-order valence-corrected chi connectivity index (χ3v) is 4.28. The van der Waals surface area contributed by atoms with Gasteiger partial charge in [-0.15, -0.1) is 0 Å². The van der Waals surface area contributed by atoms with Crippen molar-refractivity contribution in [1.82, 2.24) is 15.5 Å². The summed E-state index contributed by atoms with van der Waals surface area (Å²) in [6.45, 7) is 9.46. The molecule has 1 aliphatic heterocycles. The van der Waals surface area contributed by atoms with Gasteiger partial charge in [-0.2, -0.15) is 0 Å². The molecule has 2 unspecified atom stereocenters. The molecule has 2 N–H and O–H groups in total. The van der Waals surface area contributed by atoms with Crippen LogP contribution >= 0.6 is 0 Å². The molecule has 4 heteroatoms. The maximum atomic E-state index is 4.75. The lowest BCUT2D eigenvalue weighted by Gasteiger charge is -2.16. The minimum atomic E-state index is 0.439. The van der Waals surface area contributed by atoms with E-state index in [0.717, 1.165) is 31.5 Å². The number of likely N-dealkylation sites (tertiary alicyclic amines) is 1.